The minimum Gasteiger partial charge on any atom is -0.369 e. The molecule has 1 aromatic carbocycles. The molecule has 0 heterocycles. The van der Waals surface area contributed by atoms with Gasteiger partial charge in [0.25, 0.3) is 0 Å². The molecular weight excluding hydrogens is 280 g/mol. The first kappa shape index (κ1) is 18.3. The van der Waals surface area contributed by atoms with Gasteiger partial charge in [0, 0.05) is 29.3 Å². The summed E-state index contributed by atoms with van der Waals surface area (Å²) >= 11 is 6.52. The zero-order chi connectivity index (χ0) is 16.0. The molecule has 1 rings (SSSR count). The minimum absolute atomic E-state index is 0.295. The molecule has 0 amide bonds. The van der Waals surface area contributed by atoms with Crippen LogP contribution in [0.1, 0.15) is 59.6 Å². The van der Waals surface area contributed by atoms with Crippen LogP contribution in [0.25, 0.3) is 0 Å². The van der Waals surface area contributed by atoms with Gasteiger partial charge in [0.05, 0.1) is 0 Å². The van der Waals surface area contributed by atoms with E-state index in [0.717, 1.165) is 24.5 Å². The average Bonchev–Trinajstić information content (AvgIpc) is 2.41. The Bertz CT molecular complexity index is 429. The van der Waals surface area contributed by atoms with E-state index in [1.807, 2.05) is 0 Å². The van der Waals surface area contributed by atoms with Gasteiger partial charge in [-0.3, -0.25) is 0 Å². The van der Waals surface area contributed by atoms with Crippen LogP contribution < -0.4 is 10.2 Å². The molecule has 0 aliphatic heterocycles. The van der Waals surface area contributed by atoms with E-state index in [0.29, 0.717) is 18.0 Å². The number of halogens is 1. The molecule has 0 bridgehead atoms. The van der Waals surface area contributed by atoms with Crippen LogP contribution in [0.15, 0.2) is 18.2 Å². The second-order valence-corrected chi connectivity index (χ2v) is 6.93. The third-order valence-corrected chi connectivity index (χ3v) is 4.00. The van der Waals surface area contributed by atoms with Crippen molar-refractivity contribution in [1.29, 1.82) is 0 Å². The lowest BCUT2D eigenvalue weighted by molar-refractivity contribution is 0.566. The Labute approximate surface area is 135 Å². The predicted molar refractivity (Wildman–Crippen MR) is 95.5 cm³/mol. The fourth-order valence-electron chi connectivity index (χ4n) is 2.52. The highest BCUT2D eigenvalue weighted by Crippen LogP contribution is 2.29. The molecule has 0 aromatic heterocycles. The molecular formula is C18H31ClN2. The predicted octanol–water partition coefficient (Wildman–Crippen LogP) is 5.27. The Kier molecular flexibility index (Phi) is 7.55. The molecule has 0 fully saturated rings. The standard InChI is InChI=1S/C18H31ClN2/c1-7-10-20-15(6)17-9-8-16(11-18(17)19)21(14(4)5)12-13(2)3/h8-9,11,13-15,20H,7,10,12H2,1-6H3. The first-order valence-corrected chi connectivity index (χ1v) is 8.54. The van der Waals surface area contributed by atoms with Crippen molar-refractivity contribution in [2.45, 2.75) is 60.0 Å². The van der Waals surface area contributed by atoms with Gasteiger partial charge in [-0.2, -0.15) is 0 Å². The van der Waals surface area contributed by atoms with Gasteiger partial charge in [-0.15, -0.1) is 0 Å². The fraction of sp³-hybridized carbons (Fsp3) is 0.667. The van der Waals surface area contributed by atoms with Crippen LogP contribution in [0.5, 0.6) is 0 Å². The number of nitrogens with zero attached hydrogens (tertiary/aromatic N) is 1. The average molecular weight is 311 g/mol. The van der Waals surface area contributed by atoms with Crippen molar-refractivity contribution in [2.75, 3.05) is 18.0 Å². The lowest BCUT2D eigenvalue weighted by atomic mass is 10.1. The van der Waals surface area contributed by atoms with Crippen molar-refractivity contribution >= 4 is 17.3 Å². The van der Waals surface area contributed by atoms with Crippen molar-refractivity contribution in [3.63, 3.8) is 0 Å². The Balaban J connectivity index is 2.94. The molecule has 0 aliphatic carbocycles. The molecule has 3 heteroatoms. The van der Waals surface area contributed by atoms with Crippen LogP contribution in [0, 0.1) is 5.92 Å². The molecule has 0 aliphatic rings. The fourth-order valence-corrected chi connectivity index (χ4v) is 2.86. The van der Waals surface area contributed by atoms with Crippen molar-refractivity contribution in [2.24, 2.45) is 5.92 Å². The third kappa shape index (κ3) is 5.52. The summed E-state index contributed by atoms with van der Waals surface area (Å²) < 4.78 is 0. The summed E-state index contributed by atoms with van der Waals surface area (Å²) in [5.74, 6) is 0.635. The Hall–Kier alpha value is -0.730. The molecule has 0 spiro atoms. The van der Waals surface area contributed by atoms with Crippen molar-refractivity contribution in [3.05, 3.63) is 28.8 Å². The van der Waals surface area contributed by atoms with Gasteiger partial charge in [-0.25, -0.2) is 0 Å². The van der Waals surface area contributed by atoms with E-state index in [2.05, 4.69) is 70.0 Å². The lowest BCUT2D eigenvalue weighted by Gasteiger charge is -2.31. The van der Waals surface area contributed by atoms with Gasteiger partial charge in [0.2, 0.25) is 0 Å². The van der Waals surface area contributed by atoms with E-state index >= 15 is 0 Å². The quantitative estimate of drug-likeness (QED) is 0.703. The monoisotopic (exact) mass is 310 g/mol. The first-order valence-electron chi connectivity index (χ1n) is 8.16. The molecule has 0 saturated heterocycles. The van der Waals surface area contributed by atoms with Crippen molar-refractivity contribution in [1.82, 2.24) is 5.32 Å². The van der Waals surface area contributed by atoms with Crippen molar-refractivity contribution in [3.8, 4) is 0 Å². The summed E-state index contributed by atoms with van der Waals surface area (Å²) in [5.41, 5.74) is 2.40. The zero-order valence-electron chi connectivity index (χ0n) is 14.4. The summed E-state index contributed by atoms with van der Waals surface area (Å²) in [5, 5.41) is 4.35. The van der Waals surface area contributed by atoms with E-state index < -0.39 is 0 Å². The Morgan fingerprint density at radius 1 is 1.14 bits per heavy atom. The SMILES string of the molecule is CCCNC(C)c1ccc(N(CC(C)C)C(C)C)cc1Cl. The zero-order valence-corrected chi connectivity index (χ0v) is 15.2. The minimum atomic E-state index is 0.295. The van der Waals surface area contributed by atoms with Crippen LogP contribution in [-0.4, -0.2) is 19.1 Å². The van der Waals surface area contributed by atoms with Gasteiger partial charge in [-0.05, 0) is 57.4 Å². The molecule has 1 atom stereocenters. The summed E-state index contributed by atoms with van der Waals surface area (Å²) in [7, 11) is 0. The highest BCUT2D eigenvalue weighted by molar-refractivity contribution is 6.31. The lowest BCUT2D eigenvalue weighted by Crippen LogP contribution is -2.34. The summed E-state index contributed by atoms with van der Waals surface area (Å²) in [6.45, 7) is 15.4. The van der Waals surface area contributed by atoms with Gasteiger partial charge in [-0.1, -0.05) is 38.4 Å². The number of hydrogen-bond acceptors (Lipinski definition) is 2. The smallest absolute Gasteiger partial charge is 0.0474 e. The molecule has 1 unspecified atom stereocenters. The maximum absolute atomic E-state index is 6.52. The maximum Gasteiger partial charge on any atom is 0.0474 e. The van der Waals surface area contributed by atoms with Crippen LogP contribution in [0.3, 0.4) is 0 Å². The number of rotatable bonds is 8. The number of benzene rings is 1. The molecule has 21 heavy (non-hydrogen) atoms. The van der Waals surface area contributed by atoms with Gasteiger partial charge in [0.15, 0.2) is 0 Å². The molecule has 1 N–H and O–H groups in total. The molecule has 0 radical (unpaired) electrons. The van der Waals surface area contributed by atoms with Crippen molar-refractivity contribution < 1.29 is 0 Å². The van der Waals surface area contributed by atoms with Crippen LogP contribution >= 0.6 is 11.6 Å². The molecule has 0 saturated carbocycles. The highest BCUT2D eigenvalue weighted by atomic mass is 35.5. The normalized spacial score (nSPS) is 13.0. The summed E-state index contributed by atoms with van der Waals surface area (Å²) in [6.07, 6.45) is 1.13. The molecule has 1 aromatic rings. The van der Waals surface area contributed by atoms with Gasteiger partial charge < -0.3 is 10.2 Å². The van der Waals surface area contributed by atoms with Gasteiger partial charge in [0.1, 0.15) is 0 Å². The third-order valence-electron chi connectivity index (χ3n) is 3.67. The van der Waals surface area contributed by atoms with E-state index in [4.69, 9.17) is 11.6 Å². The summed E-state index contributed by atoms with van der Waals surface area (Å²) in [4.78, 5) is 2.42. The van der Waals surface area contributed by atoms with Crippen LogP contribution in [0.2, 0.25) is 5.02 Å². The topological polar surface area (TPSA) is 15.3 Å². The van der Waals surface area contributed by atoms with Crippen LogP contribution in [0.4, 0.5) is 5.69 Å². The molecule has 2 nitrogen and oxygen atoms in total. The first-order chi connectivity index (χ1) is 9.86. The number of anilines is 1. The second-order valence-electron chi connectivity index (χ2n) is 6.52. The van der Waals surface area contributed by atoms with E-state index in [1.54, 1.807) is 0 Å². The molecule has 120 valence electrons. The second kappa shape index (κ2) is 8.65. The number of hydrogen-bond donors (Lipinski definition) is 1. The Morgan fingerprint density at radius 2 is 1.81 bits per heavy atom. The maximum atomic E-state index is 6.52. The van der Waals surface area contributed by atoms with E-state index in [1.165, 1.54) is 11.3 Å². The summed E-state index contributed by atoms with van der Waals surface area (Å²) in [6, 6.07) is 7.26. The highest BCUT2D eigenvalue weighted by Gasteiger charge is 2.15. The van der Waals surface area contributed by atoms with Gasteiger partial charge >= 0.3 is 0 Å². The van der Waals surface area contributed by atoms with E-state index in [9.17, 15) is 0 Å². The van der Waals surface area contributed by atoms with E-state index in [-0.39, 0.29) is 0 Å². The number of nitrogens with one attached hydrogen (secondary N) is 1. The van der Waals surface area contributed by atoms with Crippen LogP contribution in [-0.2, 0) is 0 Å². The largest absolute Gasteiger partial charge is 0.369 e. The Morgan fingerprint density at radius 3 is 2.29 bits per heavy atom.